The third-order valence-electron chi connectivity index (χ3n) is 1.97. The highest BCUT2D eigenvalue weighted by Gasteiger charge is 2.07. The van der Waals surface area contributed by atoms with E-state index in [1.807, 2.05) is 12.1 Å². The van der Waals surface area contributed by atoms with Gasteiger partial charge in [-0.1, -0.05) is 0 Å². The molecule has 5 nitrogen and oxygen atoms in total. The van der Waals surface area contributed by atoms with Crippen LogP contribution in [0.2, 0.25) is 0 Å². The minimum absolute atomic E-state index is 0.362. The zero-order valence-corrected chi connectivity index (χ0v) is 7.01. The zero-order valence-electron chi connectivity index (χ0n) is 7.01. The number of urea groups is 1. The normalized spacial score (nSPS) is 13.6. The molecule has 3 rings (SSSR count). The van der Waals surface area contributed by atoms with Crippen LogP contribution in [0.1, 0.15) is 0 Å². The van der Waals surface area contributed by atoms with E-state index in [0.717, 1.165) is 5.39 Å². The maximum atomic E-state index is 10.9. The molecule has 0 saturated heterocycles. The lowest BCUT2D eigenvalue weighted by Crippen LogP contribution is -2.25. The van der Waals surface area contributed by atoms with E-state index in [1.54, 1.807) is 12.3 Å². The molecule has 0 fully saturated rings. The third-order valence-corrected chi connectivity index (χ3v) is 1.97. The van der Waals surface area contributed by atoms with Crippen molar-refractivity contribution >= 4 is 17.1 Å². The van der Waals surface area contributed by atoms with Crippen LogP contribution in [0.3, 0.4) is 0 Å². The SMILES string of the molecule is O=C1N=c2cc3cccnc3nc2=N1. The van der Waals surface area contributed by atoms with Crippen LogP contribution >= 0.6 is 0 Å². The fraction of sp³-hybridized carbons (Fsp3) is 0. The van der Waals surface area contributed by atoms with Crippen LogP contribution in [0.5, 0.6) is 0 Å². The number of carbonyl (C=O) groups is 1. The number of rotatable bonds is 0. The van der Waals surface area contributed by atoms with Crippen LogP contribution in [-0.4, -0.2) is 16.0 Å². The molecule has 0 unspecified atom stereocenters. The van der Waals surface area contributed by atoms with Crippen molar-refractivity contribution in [3.8, 4) is 0 Å². The predicted molar refractivity (Wildman–Crippen MR) is 47.2 cm³/mol. The van der Waals surface area contributed by atoms with Gasteiger partial charge >= 0.3 is 6.03 Å². The number of amides is 2. The van der Waals surface area contributed by atoms with E-state index < -0.39 is 6.03 Å². The maximum Gasteiger partial charge on any atom is 0.369 e. The smallest absolute Gasteiger partial charge is 0.244 e. The van der Waals surface area contributed by atoms with Gasteiger partial charge in [-0.2, -0.15) is 9.98 Å². The van der Waals surface area contributed by atoms with Crippen molar-refractivity contribution in [2.24, 2.45) is 9.98 Å². The molecule has 1 aliphatic heterocycles. The molecule has 0 spiro atoms. The summed E-state index contributed by atoms with van der Waals surface area (Å²) in [5.41, 5.74) is 0.945. The Hall–Kier alpha value is -2.17. The van der Waals surface area contributed by atoms with Crippen LogP contribution in [0.25, 0.3) is 11.0 Å². The van der Waals surface area contributed by atoms with E-state index in [-0.39, 0.29) is 0 Å². The summed E-state index contributed by atoms with van der Waals surface area (Å²) in [6, 6.07) is 4.94. The summed E-state index contributed by atoms with van der Waals surface area (Å²) < 4.78 is 0. The Morgan fingerprint density at radius 3 is 3.07 bits per heavy atom. The van der Waals surface area contributed by atoms with Gasteiger partial charge in [-0.15, -0.1) is 0 Å². The highest BCUT2D eigenvalue weighted by atomic mass is 16.2. The molecule has 0 aromatic carbocycles. The second-order valence-corrected chi connectivity index (χ2v) is 2.89. The number of hydrogen-bond donors (Lipinski definition) is 0. The topological polar surface area (TPSA) is 67.6 Å². The second kappa shape index (κ2) is 2.41. The van der Waals surface area contributed by atoms with Gasteiger partial charge in [-0.3, -0.25) is 0 Å². The van der Waals surface area contributed by atoms with Crippen molar-refractivity contribution in [2.45, 2.75) is 0 Å². The number of hydrogen-bond acceptors (Lipinski definition) is 3. The fourth-order valence-electron chi connectivity index (χ4n) is 1.37. The summed E-state index contributed by atoms with van der Waals surface area (Å²) in [7, 11) is 0. The summed E-state index contributed by atoms with van der Waals surface area (Å²) in [6.45, 7) is 0. The second-order valence-electron chi connectivity index (χ2n) is 2.89. The van der Waals surface area contributed by atoms with Crippen molar-refractivity contribution < 1.29 is 4.79 Å². The van der Waals surface area contributed by atoms with Crippen LogP contribution in [0.4, 0.5) is 4.79 Å². The Labute approximate surface area is 77.9 Å². The van der Waals surface area contributed by atoms with Gasteiger partial charge in [0.05, 0.1) is 0 Å². The Morgan fingerprint density at radius 2 is 2.14 bits per heavy atom. The number of pyridine rings is 2. The lowest BCUT2D eigenvalue weighted by Gasteiger charge is -1.91. The summed E-state index contributed by atoms with van der Waals surface area (Å²) in [5, 5.41) is 1.38. The highest BCUT2D eigenvalue weighted by molar-refractivity contribution is 5.79. The molecule has 0 atom stereocenters. The Balaban J connectivity index is 2.56. The first-order valence-corrected chi connectivity index (χ1v) is 4.06. The first kappa shape index (κ1) is 7.25. The van der Waals surface area contributed by atoms with Crippen molar-refractivity contribution in [2.75, 3.05) is 0 Å². The van der Waals surface area contributed by atoms with Gasteiger partial charge in [0.15, 0.2) is 11.1 Å². The van der Waals surface area contributed by atoms with Gasteiger partial charge in [-0.05, 0) is 18.2 Å². The molecule has 0 aliphatic carbocycles. The van der Waals surface area contributed by atoms with E-state index in [2.05, 4.69) is 20.0 Å². The van der Waals surface area contributed by atoms with Crippen molar-refractivity contribution in [1.29, 1.82) is 0 Å². The lowest BCUT2D eigenvalue weighted by atomic mass is 10.3. The summed E-state index contributed by atoms with van der Waals surface area (Å²) in [6.07, 6.45) is 1.65. The summed E-state index contributed by atoms with van der Waals surface area (Å²) in [5.74, 6) is 0. The molecule has 0 saturated carbocycles. The van der Waals surface area contributed by atoms with E-state index in [0.29, 0.717) is 16.5 Å². The number of carbonyl (C=O) groups excluding carboxylic acids is 1. The minimum Gasteiger partial charge on any atom is -0.244 e. The van der Waals surface area contributed by atoms with Crippen LogP contribution < -0.4 is 10.8 Å². The van der Waals surface area contributed by atoms with Crippen LogP contribution in [0, 0.1) is 0 Å². The standard InChI is InChI=1S/C9H4N4O/c14-9-11-6-4-5-2-1-3-10-7(5)12-8(6)13-9/h1-4H. The average molecular weight is 184 g/mol. The van der Waals surface area contributed by atoms with Crippen molar-refractivity contribution in [3.05, 3.63) is 35.2 Å². The summed E-state index contributed by atoms with van der Waals surface area (Å²) in [4.78, 5) is 26.4. The zero-order chi connectivity index (χ0) is 9.54. The Kier molecular flexibility index (Phi) is 1.25. The maximum absolute atomic E-state index is 10.9. The van der Waals surface area contributed by atoms with Crippen LogP contribution in [0.15, 0.2) is 34.4 Å². The minimum atomic E-state index is -0.497. The molecular formula is C9H4N4O. The van der Waals surface area contributed by atoms with E-state index in [4.69, 9.17) is 0 Å². The average Bonchev–Trinajstić information content (AvgIpc) is 2.53. The molecule has 2 aromatic rings. The van der Waals surface area contributed by atoms with Crippen molar-refractivity contribution in [1.82, 2.24) is 9.97 Å². The Morgan fingerprint density at radius 1 is 1.21 bits per heavy atom. The summed E-state index contributed by atoms with van der Waals surface area (Å²) >= 11 is 0. The van der Waals surface area contributed by atoms with Gasteiger partial charge in [0.25, 0.3) is 0 Å². The number of aromatic nitrogens is 2. The largest absolute Gasteiger partial charge is 0.369 e. The highest BCUT2D eigenvalue weighted by Crippen LogP contribution is 2.02. The first-order chi connectivity index (χ1) is 6.83. The number of fused-ring (bicyclic) bond motifs is 2. The van der Waals surface area contributed by atoms with Gasteiger partial charge in [0.1, 0.15) is 5.36 Å². The van der Waals surface area contributed by atoms with Gasteiger partial charge in [0, 0.05) is 11.6 Å². The first-order valence-electron chi connectivity index (χ1n) is 4.06. The molecular weight excluding hydrogens is 180 g/mol. The third kappa shape index (κ3) is 0.922. The monoisotopic (exact) mass is 184 g/mol. The van der Waals surface area contributed by atoms with E-state index >= 15 is 0 Å². The molecule has 0 N–H and O–H groups in total. The molecule has 14 heavy (non-hydrogen) atoms. The van der Waals surface area contributed by atoms with Gasteiger partial charge in [0.2, 0.25) is 0 Å². The Bertz CT molecular complexity index is 606. The number of nitrogens with zero attached hydrogens (tertiary/aromatic N) is 4. The van der Waals surface area contributed by atoms with Gasteiger partial charge in [-0.25, -0.2) is 14.8 Å². The molecule has 2 aromatic heterocycles. The molecule has 0 radical (unpaired) electrons. The quantitative estimate of drug-likeness (QED) is 0.578. The fourth-order valence-corrected chi connectivity index (χ4v) is 1.37. The molecule has 66 valence electrons. The van der Waals surface area contributed by atoms with Crippen molar-refractivity contribution in [3.63, 3.8) is 0 Å². The molecule has 0 bridgehead atoms. The van der Waals surface area contributed by atoms with E-state index in [9.17, 15) is 4.79 Å². The molecule has 3 heterocycles. The lowest BCUT2D eigenvalue weighted by molar-refractivity contribution is 0.256. The van der Waals surface area contributed by atoms with Crippen LogP contribution in [-0.2, 0) is 0 Å². The molecule has 2 amide bonds. The van der Waals surface area contributed by atoms with E-state index in [1.165, 1.54) is 0 Å². The molecule has 1 aliphatic rings. The predicted octanol–water partition coefficient (Wildman–Crippen LogP) is 0.00260. The molecule has 5 heteroatoms. The van der Waals surface area contributed by atoms with Gasteiger partial charge < -0.3 is 0 Å².